The summed E-state index contributed by atoms with van der Waals surface area (Å²) in [7, 11) is 0. The first-order valence-corrected chi connectivity index (χ1v) is 12.1. The molecule has 31 heavy (non-hydrogen) atoms. The number of para-hydroxylation sites is 2. The van der Waals surface area contributed by atoms with E-state index in [0.717, 1.165) is 61.1 Å². The number of piperazine rings is 2. The van der Waals surface area contributed by atoms with Gasteiger partial charge in [-0.25, -0.2) is 0 Å². The van der Waals surface area contributed by atoms with Crippen molar-refractivity contribution >= 4 is 70.6 Å². The molecule has 0 amide bonds. The summed E-state index contributed by atoms with van der Waals surface area (Å²) in [5.74, 6) is 0. The van der Waals surface area contributed by atoms with E-state index in [1.165, 1.54) is 11.4 Å². The Kier molecular flexibility index (Phi) is 11.8. The smallest absolute Gasteiger partial charge is 0.359 e. The zero-order valence-corrected chi connectivity index (χ0v) is 22.1. The fraction of sp³-hybridized carbons (Fsp3) is 0.364. The molecule has 0 N–H and O–H groups in total. The second-order valence-corrected chi connectivity index (χ2v) is 9.90. The molecule has 0 spiro atoms. The van der Waals surface area contributed by atoms with Gasteiger partial charge in [-0.1, -0.05) is 36.4 Å². The summed E-state index contributed by atoms with van der Waals surface area (Å²) >= 11 is 15.5. The Bertz CT molecular complexity index is 776. The Morgan fingerprint density at radius 3 is 1.16 bits per heavy atom. The third-order valence-corrected chi connectivity index (χ3v) is 6.60. The van der Waals surface area contributed by atoms with Crippen molar-refractivity contribution in [1.29, 1.82) is 0 Å². The van der Waals surface area contributed by atoms with Gasteiger partial charge in [0.25, 0.3) is 0 Å². The normalized spacial score (nSPS) is 16.1. The van der Waals surface area contributed by atoms with Gasteiger partial charge in [0.1, 0.15) is 0 Å². The Labute approximate surface area is 218 Å². The van der Waals surface area contributed by atoms with E-state index in [0.29, 0.717) is 0 Å². The molecule has 0 aliphatic carbocycles. The number of nitrogens with zero attached hydrogens (tertiary/aromatic N) is 4. The van der Waals surface area contributed by atoms with Gasteiger partial charge in [-0.2, -0.15) is 9.15 Å². The van der Waals surface area contributed by atoms with Crippen molar-refractivity contribution in [2.45, 2.75) is 0 Å². The predicted octanol–water partition coefficient (Wildman–Crippen LogP) is 1.63. The second-order valence-electron chi connectivity index (χ2n) is 7.27. The first-order valence-electron chi connectivity index (χ1n) is 10.2. The summed E-state index contributed by atoms with van der Waals surface area (Å²) in [6.45, 7) is 8.32. The van der Waals surface area contributed by atoms with E-state index in [1.807, 2.05) is 0 Å². The van der Waals surface area contributed by atoms with Crippen molar-refractivity contribution in [2.75, 3.05) is 62.2 Å². The maximum atomic E-state index is 4.30. The van der Waals surface area contributed by atoms with Gasteiger partial charge in [0.05, 0.1) is 51.4 Å². The molecule has 2 aromatic carbocycles. The van der Waals surface area contributed by atoms with E-state index in [1.54, 1.807) is 0 Å². The van der Waals surface area contributed by atoms with Crippen LogP contribution in [0.1, 0.15) is 0 Å². The minimum absolute atomic E-state index is 0. The molecule has 4 nitrogen and oxygen atoms in total. The van der Waals surface area contributed by atoms with Gasteiger partial charge in [-0.05, 0) is 49.5 Å². The van der Waals surface area contributed by atoms with E-state index in [4.69, 9.17) is 0 Å². The SMILES string of the molecule is SC([SH2+])=[N+]1CCN(c2ccccc2)CC1.SC([SH2+])=[N+]1CCN(c2ccccc2)CC1.[Cu+2]. The molecule has 0 bridgehead atoms. The van der Waals surface area contributed by atoms with Crippen LogP contribution in [0.4, 0.5) is 11.4 Å². The van der Waals surface area contributed by atoms with E-state index < -0.39 is 0 Å². The molecule has 0 aromatic heterocycles. The topological polar surface area (TPSA) is 12.5 Å². The van der Waals surface area contributed by atoms with Crippen LogP contribution in [0.2, 0.25) is 0 Å². The molecular weight excluding hydrogens is 512 g/mol. The fourth-order valence-electron chi connectivity index (χ4n) is 3.63. The first-order chi connectivity index (χ1) is 14.5. The maximum absolute atomic E-state index is 4.30. The van der Waals surface area contributed by atoms with Crippen molar-refractivity contribution in [1.82, 2.24) is 0 Å². The molecule has 0 atom stereocenters. The zero-order valence-electron chi connectivity index (χ0n) is 17.4. The molecule has 4 rings (SSSR count). The minimum Gasteiger partial charge on any atom is -0.359 e. The summed E-state index contributed by atoms with van der Waals surface area (Å²) in [5.41, 5.74) is 2.62. The van der Waals surface area contributed by atoms with Gasteiger partial charge in [-0.3, -0.25) is 0 Å². The Balaban J connectivity index is 0.000000213. The largest absolute Gasteiger partial charge is 2.00 e. The summed E-state index contributed by atoms with van der Waals surface area (Å²) in [4.78, 5) is 4.80. The predicted molar refractivity (Wildman–Crippen MR) is 146 cm³/mol. The fourth-order valence-corrected chi connectivity index (χ4v) is 4.48. The molecule has 1 radical (unpaired) electrons. The molecule has 2 heterocycles. The average Bonchev–Trinajstić information content (AvgIpc) is 2.81. The van der Waals surface area contributed by atoms with E-state index in [9.17, 15) is 0 Å². The van der Waals surface area contributed by atoms with Crippen LogP contribution in [-0.4, -0.2) is 70.3 Å². The monoisotopic (exact) mass is 543 g/mol. The van der Waals surface area contributed by atoms with Crippen molar-refractivity contribution in [2.24, 2.45) is 0 Å². The Morgan fingerprint density at radius 1 is 0.613 bits per heavy atom. The van der Waals surface area contributed by atoms with Crippen molar-refractivity contribution < 1.29 is 26.2 Å². The molecule has 2 fully saturated rings. The minimum atomic E-state index is 0. The molecule has 0 saturated carbocycles. The third kappa shape index (κ3) is 8.30. The van der Waals surface area contributed by atoms with Crippen molar-refractivity contribution in [3.05, 3.63) is 60.7 Å². The molecule has 169 valence electrons. The van der Waals surface area contributed by atoms with Gasteiger partial charge in [0.15, 0.2) is 26.2 Å². The first kappa shape index (κ1) is 26.6. The van der Waals surface area contributed by atoms with Gasteiger partial charge in [-0.15, -0.1) is 0 Å². The van der Waals surface area contributed by atoms with E-state index in [2.05, 4.69) is 130 Å². The van der Waals surface area contributed by atoms with Crippen LogP contribution in [0.3, 0.4) is 0 Å². The Morgan fingerprint density at radius 2 is 0.903 bits per heavy atom. The number of rotatable bonds is 2. The molecule has 2 saturated heterocycles. The third-order valence-electron chi connectivity index (χ3n) is 5.40. The standard InChI is InChI=1S/2C11H14N2S2.Cu/c2*14-11(15)13-8-6-12(7-9-13)10-4-2-1-3-5-10;/h2*1-5H,6-9H2,(H,14,15);/q;;+2/p+4. The van der Waals surface area contributed by atoms with Crippen LogP contribution < -0.4 is 9.80 Å². The summed E-state index contributed by atoms with van der Waals surface area (Å²) < 4.78 is 6.34. The molecule has 2 aliphatic rings. The van der Waals surface area contributed by atoms with Gasteiger partial charge in [0, 0.05) is 11.4 Å². The zero-order chi connectivity index (χ0) is 21.3. The number of thiol groups is 2. The van der Waals surface area contributed by atoms with Crippen LogP contribution in [-0.2, 0) is 42.3 Å². The quantitative estimate of drug-likeness (QED) is 0.196. The van der Waals surface area contributed by atoms with Crippen LogP contribution in [0.15, 0.2) is 60.7 Å². The molecule has 9 heteroatoms. The van der Waals surface area contributed by atoms with Crippen molar-refractivity contribution in [3.8, 4) is 0 Å². The molecule has 2 aliphatic heterocycles. The number of anilines is 2. The average molecular weight is 544 g/mol. The van der Waals surface area contributed by atoms with Crippen LogP contribution in [0.5, 0.6) is 0 Å². The van der Waals surface area contributed by atoms with Crippen LogP contribution >= 0.6 is 25.3 Å². The molecule has 0 unspecified atom stereocenters. The summed E-state index contributed by atoms with van der Waals surface area (Å²) in [6, 6.07) is 21.1. The number of hydrogen-bond acceptors (Lipinski definition) is 2. The number of hydrogen-bond donors (Lipinski definition) is 2. The number of benzene rings is 2. The van der Waals surface area contributed by atoms with Gasteiger partial charge >= 0.3 is 25.8 Å². The summed E-state index contributed by atoms with van der Waals surface area (Å²) in [6.07, 6.45) is 0. The maximum Gasteiger partial charge on any atom is 2.00 e. The van der Waals surface area contributed by atoms with Crippen LogP contribution in [0, 0.1) is 0 Å². The second kappa shape index (κ2) is 13.8. The van der Waals surface area contributed by atoms with Crippen molar-refractivity contribution in [3.63, 3.8) is 0 Å². The van der Waals surface area contributed by atoms with E-state index in [-0.39, 0.29) is 17.1 Å². The van der Waals surface area contributed by atoms with E-state index >= 15 is 0 Å². The summed E-state index contributed by atoms with van der Waals surface area (Å²) in [5, 5.41) is 0. The van der Waals surface area contributed by atoms with Crippen LogP contribution in [0.25, 0.3) is 0 Å². The molecular formula is C22H32CuN4S4+6. The van der Waals surface area contributed by atoms with Gasteiger partial charge < -0.3 is 9.80 Å². The van der Waals surface area contributed by atoms with Gasteiger partial charge in [0.2, 0.25) is 0 Å². The Hall–Kier alpha value is -0.701. The molecule has 2 aromatic rings.